The number of ether oxygens (including phenoxy) is 1. The van der Waals surface area contributed by atoms with Crippen molar-refractivity contribution in [2.75, 3.05) is 7.11 Å². The third-order valence-corrected chi connectivity index (χ3v) is 2.94. The molecule has 0 aliphatic heterocycles. The first-order chi connectivity index (χ1) is 7.59. The number of fused-ring (bicyclic) bond motifs is 1. The van der Waals surface area contributed by atoms with Gasteiger partial charge in [0, 0.05) is 12.8 Å². The zero-order chi connectivity index (χ0) is 11.8. The molecule has 0 saturated carbocycles. The fraction of sp³-hybridized carbons (Fsp3) is 0.333. The second kappa shape index (κ2) is 3.62. The molecule has 0 heterocycles. The van der Waals surface area contributed by atoms with Gasteiger partial charge in [-0.25, -0.2) is 0 Å². The molecule has 16 heavy (non-hydrogen) atoms. The maximum Gasteiger partial charge on any atom is 0.326 e. The van der Waals surface area contributed by atoms with Gasteiger partial charge in [-0.2, -0.15) is 5.26 Å². The summed E-state index contributed by atoms with van der Waals surface area (Å²) in [7, 11) is 1.33. The number of benzene rings is 1. The van der Waals surface area contributed by atoms with Crippen LogP contribution in [0.1, 0.15) is 16.7 Å². The number of carbonyl (C=O) groups is 1. The van der Waals surface area contributed by atoms with Crippen molar-refractivity contribution in [3.8, 4) is 6.07 Å². The lowest BCUT2D eigenvalue weighted by Crippen LogP contribution is -2.49. The van der Waals surface area contributed by atoms with Gasteiger partial charge in [0.1, 0.15) is 5.54 Å². The van der Waals surface area contributed by atoms with Crippen LogP contribution in [0.5, 0.6) is 0 Å². The molecule has 2 N–H and O–H groups in total. The number of nitrogens with two attached hydrogens (primary N) is 1. The van der Waals surface area contributed by atoms with E-state index in [9.17, 15) is 4.79 Å². The van der Waals surface area contributed by atoms with Gasteiger partial charge in [-0.15, -0.1) is 0 Å². The van der Waals surface area contributed by atoms with Crippen LogP contribution in [0.4, 0.5) is 0 Å². The smallest absolute Gasteiger partial charge is 0.326 e. The summed E-state index contributed by atoms with van der Waals surface area (Å²) < 4.78 is 4.70. The fourth-order valence-electron chi connectivity index (χ4n) is 2.12. The molecule has 0 radical (unpaired) electrons. The molecule has 1 unspecified atom stereocenters. The Bertz CT molecular complexity index is 490. The van der Waals surface area contributed by atoms with Crippen LogP contribution in [0.15, 0.2) is 18.2 Å². The van der Waals surface area contributed by atoms with E-state index < -0.39 is 11.5 Å². The zero-order valence-corrected chi connectivity index (χ0v) is 8.99. The normalized spacial score (nSPS) is 22.3. The highest BCUT2D eigenvalue weighted by Crippen LogP contribution is 2.29. The van der Waals surface area contributed by atoms with Gasteiger partial charge < -0.3 is 10.5 Å². The summed E-state index contributed by atoms with van der Waals surface area (Å²) in [6, 6.07) is 7.45. The fourth-order valence-corrected chi connectivity index (χ4v) is 2.12. The van der Waals surface area contributed by atoms with E-state index >= 15 is 0 Å². The molecule has 0 aromatic heterocycles. The Hall–Kier alpha value is -1.86. The van der Waals surface area contributed by atoms with Gasteiger partial charge in [-0.05, 0) is 23.3 Å². The van der Waals surface area contributed by atoms with Crippen molar-refractivity contribution in [2.45, 2.75) is 18.4 Å². The number of nitrogens with zero attached hydrogens (tertiary/aromatic N) is 1. The lowest BCUT2D eigenvalue weighted by molar-refractivity contribution is -0.146. The molecule has 0 amide bonds. The van der Waals surface area contributed by atoms with E-state index in [2.05, 4.69) is 6.07 Å². The summed E-state index contributed by atoms with van der Waals surface area (Å²) in [5.41, 5.74) is 7.61. The first kappa shape index (κ1) is 10.7. The van der Waals surface area contributed by atoms with Crippen molar-refractivity contribution in [3.63, 3.8) is 0 Å². The largest absolute Gasteiger partial charge is 0.468 e. The number of esters is 1. The summed E-state index contributed by atoms with van der Waals surface area (Å²) in [4.78, 5) is 11.5. The van der Waals surface area contributed by atoms with Crippen molar-refractivity contribution in [1.82, 2.24) is 0 Å². The molecule has 1 aliphatic rings. The van der Waals surface area contributed by atoms with Gasteiger partial charge in [0.2, 0.25) is 0 Å². The van der Waals surface area contributed by atoms with Crippen LogP contribution in [-0.2, 0) is 22.4 Å². The Labute approximate surface area is 93.6 Å². The SMILES string of the molecule is COC(=O)C1(N)Cc2ccc(C#N)cc2C1. The molecule has 0 spiro atoms. The quantitative estimate of drug-likeness (QED) is 0.694. The minimum absolute atomic E-state index is 0.401. The van der Waals surface area contributed by atoms with E-state index in [4.69, 9.17) is 15.7 Å². The van der Waals surface area contributed by atoms with Crippen LogP contribution in [0.25, 0.3) is 0 Å². The molecule has 2 rings (SSSR count). The molecule has 4 nitrogen and oxygen atoms in total. The van der Waals surface area contributed by atoms with E-state index in [0.29, 0.717) is 18.4 Å². The topological polar surface area (TPSA) is 76.1 Å². The summed E-state index contributed by atoms with van der Waals surface area (Å²) in [6.07, 6.45) is 0.908. The third-order valence-electron chi connectivity index (χ3n) is 2.94. The van der Waals surface area contributed by atoms with Crippen LogP contribution in [0.2, 0.25) is 0 Å². The average molecular weight is 216 g/mol. The molecule has 0 bridgehead atoms. The Balaban J connectivity index is 2.34. The maximum atomic E-state index is 11.5. The molecule has 1 aliphatic carbocycles. The summed E-state index contributed by atoms with van der Waals surface area (Å²) in [6.45, 7) is 0. The van der Waals surface area contributed by atoms with Crippen LogP contribution < -0.4 is 5.73 Å². The minimum atomic E-state index is -0.967. The van der Waals surface area contributed by atoms with Gasteiger partial charge in [-0.1, -0.05) is 6.07 Å². The monoisotopic (exact) mass is 216 g/mol. The molecule has 0 saturated heterocycles. The van der Waals surface area contributed by atoms with Crippen molar-refractivity contribution in [1.29, 1.82) is 5.26 Å². The van der Waals surface area contributed by atoms with Gasteiger partial charge in [0.15, 0.2) is 0 Å². The van der Waals surface area contributed by atoms with E-state index in [1.54, 1.807) is 12.1 Å². The standard InChI is InChI=1S/C12H12N2O2/c1-16-11(15)12(14)5-9-3-2-8(7-13)4-10(9)6-12/h2-4H,5-6,14H2,1H3. The summed E-state index contributed by atoms with van der Waals surface area (Å²) in [5, 5.41) is 8.78. The molecular formula is C12H12N2O2. The maximum absolute atomic E-state index is 11.5. The van der Waals surface area contributed by atoms with Crippen LogP contribution in [0.3, 0.4) is 0 Å². The van der Waals surface area contributed by atoms with Crippen molar-refractivity contribution < 1.29 is 9.53 Å². The van der Waals surface area contributed by atoms with Gasteiger partial charge in [0.25, 0.3) is 0 Å². The van der Waals surface area contributed by atoms with Crippen molar-refractivity contribution >= 4 is 5.97 Å². The third kappa shape index (κ3) is 1.55. The van der Waals surface area contributed by atoms with Gasteiger partial charge >= 0.3 is 5.97 Å². The second-order valence-corrected chi connectivity index (χ2v) is 4.10. The minimum Gasteiger partial charge on any atom is -0.468 e. The van der Waals surface area contributed by atoms with Crippen LogP contribution >= 0.6 is 0 Å². The van der Waals surface area contributed by atoms with Crippen molar-refractivity contribution in [2.24, 2.45) is 5.73 Å². The Kier molecular flexibility index (Phi) is 2.41. The number of methoxy groups -OCH3 is 1. The Morgan fingerprint density at radius 2 is 2.19 bits per heavy atom. The molecule has 4 heteroatoms. The van der Waals surface area contributed by atoms with Crippen LogP contribution in [0, 0.1) is 11.3 Å². The van der Waals surface area contributed by atoms with E-state index in [1.165, 1.54) is 7.11 Å². The second-order valence-electron chi connectivity index (χ2n) is 4.10. The number of rotatable bonds is 1. The lowest BCUT2D eigenvalue weighted by atomic mass is 9.98. The lowest BCUT2D eigenvalue weighted by Gasteiger charge is -2.19. The predicted molar refractivity (Wildman–Crippen MR) is 57.5 cm³/mol. The molecule has 82 valence electrons. The molecule has 1 aromatic carbocycles. The van der Waals surface area contributed by atoms with Crippen molar-refractivity contribution in [3.05, 3.63) is 34.9 Å². The number of hydrogen-bond acceptors (Lipinski definition) is 4. The Morgan fingerprint density at radius 3 is 2.81 bits per heavy atom. The Morgan fingerprint density at radius 1 is 1.50 bits per heavy atom. The van der Waals surface area contributed by atoms with E-state index in [-0.39, 0.29) is 0 Å². The van der Waals surface area contributed by atoms with E-state index in [0.717, 1.165) is 11.1 Å². The number of carbonyl (C=O) groups excluding carboxylic acids is 1. The number of nitriles is 1. The summed E-state index contributed by atoms with van der Waals surface area (Å²) in [5.74, 6) is -0.401. The average Bonchev–Trinajstić information content (AvgIpc) is 2.64. The van der Waals surface area contributed by atoms with Crippen LogP contribution in [-0.4, -0.2) is 18.6 Å². The first-order valence-electron chi connectivity index (χ1n) is 4.98. The molecule has 1 atom stereocenters. The predicted octanol–water partition coefficient (Wildman–Crippen LogP) is 0.527. The van der Waals surface area contributed by atoms with Gasteiger partial charge in [-0.3, -0.25) is 4.79 Å². The van der Waals surface area contributed by atoms with E-state index in [1.807, 2.05) is 6.07 Å². The highest BCUT2D eigenvalue weighted by molar-refractivity contribution is 5.82. The van der Waals surface area contributed by atoms with Gasteiger partial charge in [0.05, 0.1) is 18.7 Å². The molecular weight excluding hydrogens is 204 g/mol. The zero-order valence-electron chi connectivity index (χ0n) is 8.99. The summed E-state index contributed by atoms with van der Waals surface area (Å²) >= 11 is 0. The highest BCUT2D eigenvalue weighted by atomic mass is 16.5. The molecule has 0 fully saturated rings. The highest BCUT2D eigenvalue weighted by Gasteiger charge is 2.41. The first-order valence-corrected chi connectivity index (χ1v) is 4.98. The molecule has 1 aromatic rings. The number of hydrogen-bond donors (Lipinski definition) is 1.